The molecule has 5 nitrogen and oxygen atoms in total. The predicted octanol–water partition coefficient (Wildman–Crippen LogP) is 3.29. The molecule has 2 aliphatic heterocycles. The lowest BCUT2D eigenvalue weighted by molar-refractivity contribution is -0.0331. The third-order valence-corrected chi connectivity index (χ3v) is 6.08. The Morgan fingerprint density at radius 1 is 1.07 bits per heavy atom. The molecule has 2 aromatic heterocycles. The Morgan fingerprint density at radius 2 is 1.86 bits per heavy atom. The first kappa shape index (κ1) is 19.4. The van der Waals surface area contributed by atoms with Gasteiger partial charge in [-0.15, -0.1) is 23.7 Å². The van der Waals surface area contributed by atoms with E-state index in [1.54, 1.807) is 11.3 Å². The molecule has 0 radical (unpaired) electrons. The summed E-state index contributed by atoms with van der Waals surface area (Å²) in [5.74, 6) is 0. The molecular weight excluding hydrogens is 394 g/mol. The van der Waals surface area contributed by atoms with Gasteiger partial charge in [-0.2, -0.15) is 0 Å². The molecule has 4 heterocycles. The molecule has 0 aliphatic carbocycles. The number of benzene rings is 1. The first-order chi connectivity index (χ1) is 13.2. The number of fused-ring (bicyclic) bond motifs is 3. The van der Waals surface area contributed by atoms with Crippen molar-refractivity contribution in [1.82, 2.24) is 9.47 Å². The number of aliphatic imine (C=N–C) groups is 1. The Kier molecular flexibility index (Phi) is 5.40. The quantitative estimate of drug-likeness (QED) is 0.714. The maximum absolute atomic E-state index is 11.8. The van der Waals surface area contributed by atoms with Crippen molar-refractivity contribution in [2.24, 2.45) is 4.99 Å². The predicted molar refractivity (Wildman–Crippen MR) is 114 cm³/mol. The number of rotatable bonds is 3. The van der Waals surface area contributed by atoms with Crippen LogP contribution in [-0.4, -0.2) is 53.1 Å². The van der Waals surface area contributed by atoms with E-state index in [4.69, 9.17) is 9.73 Å². The molecule has 1 saturated heterocycles. The number of nitrogens with zero attached hydrogens (tertiary/aromatic N) is 3. The van der Waals surface area contributed by atoms with Crippen LogP contribution in [-0.2, 0) is 10.5 Å². The number of aliphatic hydroxyl groups is 1. The third kappa shape index (κ3) is 3.32. The van der Waals surface area contributed by atoms with Crippen molar-refractivity contribution < 1.29 is 9.84 Å². The van der Waals surface area contributed by atoms with Crippen molar-refractivity contribution in [2.45, 2.75) is 5.72 Å². The minimum absolute atomic E-state index is 0. The monoisotopic (exact) mass is 415 g/mol. The zero-order valence-corrected chi connectivity index (χ0v) is 17.0. The summed E-state index contributed by atoms with van der Waals surface area (Å²) in [7, 11) is 0. The SMILES string of the molecule is Cl.OC1(CN2CCOCC2)N=C(c2ccccc2)c2ccsc2-n2cccc21. The Hall–Kier alpha value is -1.96. The van der Waals surface area contributed by atoms with Crippen LogP contribution in [0.1, 0.15) is 16.8 Å². The highest BCUT2D eigenvalue weighted by Gasteiger charge is 2.38. The minimum atomic E-state index is -1.31. The molecule has 1 atom stereocenters. The summed E-state index contributed by atoms with van der Waals surface area (Å²) in [6.45, 7) is 3.45. The highest BCUT2D eigenvalue weighted by atomic mass is 35.5. The van der Waals surface area contributed by atoms with E-state index >= 15 is 0 Å². The summed E-state index contributed by atoms with van der Waals surface area (Å²) in [4.78, 5) is 7.20. The molecule has 0 saturated carbocycles. The van der Waals surface area contributed by atoms with E-state index in [-0.39, 0.29) is 12.4 Å². The summed E-state index contributed by atoms with van der Waals surface area (Å²) < 4.78 is 7.55. The molecule has 1 N–H and O–H groups in total. The molecule has 28 heavy (non-hydrogen) atoms. The van der Waals surface area contributed by atoms with Crippen LogP contribution in [0.4, 0.5) is 0 Å². The molecule has 0 bridgehead atoms. The summed E-state index contributed by atoms with van der Waals surface area (Å²) in [6.07, 6.45) is 2.01. The van der Waals surface area contributed by atoms with Crippen LogP contribution in [0.25, 0.3) is 5.00 Å². The van der Waals surface area contributed by atoms with Gasteiger partial charge in [0.25, 0.3) is 0 Å². The van der Waals surface area contributed by atoms with E-state index in [0.717, 1.165) is 40.6 Å². The summed E-state index contributed by atoms with van der Waals surface area (Å²) in [6, 6.07) is 16.2. The van der Waals surface area contributed by atoms with Crippen LogP contribution in [0.5, 0.6) is 0 Å². The second-order valence-electron chi connectivity index (χ2n) is 6.93. The first-order valence-corrected chi connectivity index (χ1v) is 10.1. The van der Waals surface area contributed by atoms with Gasteiger partial charge in [0.2, 0.25) is 5.72 Å². The normalized spacial score (nSPS) is 21.8. The number of ether oxygens (including phenoxy) is 1. The molecular formula is C21H22ClN3O2S. The molecule has 5 rings (SSSR count). The number of halogens is 1. The van der Waals surface area contributed by atoms with E-state index in [9.17, 15) is 5.11 Å². The lowest BCUT2D eigenvalue weighted by atomic mass is 10.0. The van der Waals surface area contributed by atoms with Crippen LogP contribution in [0, 0.1) is 0 Å². The van der Waals surface area contributed by atoms with Gasteiger partial charge < -0.3 is 14.4 Å². The van der Waals surface area contributed by atoms with Gasteiger partial charge in [-0.1, -0.05) is 30.3 Å². The summed E-state index contributed by atoms with van der Waals surface area (Å²) in [5, 5.41) is 15.0. The lowest BCUT2D eigenvalue weighted by Crippen LogP contribution is -2.46. The lowest BCUT2D eigenvalue weighted by Gasteiger charge is -2.34. The van der Waals surface area contributed by atoms with E-state index in [1.165, 1.54) is 0 Å². The van der Waals surface area contributed by atoms with Crippen LogP contribution >= 0.6 is 23.7 Å². The van der Waals surface area contributed by atoms with Gasteiger partial charge in [-0.3, -0.25) is 4.90 Å². The molecule has 7 heteroatoms. The third-order valence-electron chi connectivity index (χ3n) is 5.17. The van der Waals surface area contributed by atoms with E-state index in [0.29, 0.717) is 19.8 Å². The van der Waals surface area contributed by atoms with Crippen molar-refractivity contribution in [2.75, 3.05) is 32.8 Å². The van der Waals surface area contributed by atoms with Gasteiger partial charge >= 0.3 is 0 Å². The Bertz CT molecular complexity index is 978. The fourth-order valence-corrected chi connectivity index (χ4v) is 4.76. The van der Waals surface area contributed by atoms with Gasteiger partial charge in [-0.25, -0.2) is 4.99 Å². The largest absolute Gasteiger partial charge is 0.379 e. The smallest absolute Gasteiger partial charge is 0.211 e. The molecule has 1 fully saturated rings. The van der Waals surface area contributed by atoms with E-state index < -0.39 is 5.72 Å². The molecule has 3 aromatic rings. The van der Waals surface area contributed by atoms with Crippen LogP contribution < -0.4 is 0 Å². The van der Waals surface area contributed by atoms with Crippen LogP contribution in [0.3, 0.4) is 0 Å². The maximum atomic E-state index is 11.8. The Morgan fingerprint density at radius 3 is 2.64 bits per heavy atom. The van der Waals surface area contributed by atoms with Crippen molar-refractivity contribution in [3.63, 3.8) is 0 Å². The summed E-state index contributed by atoms with van der Waals surface area (Å²) >= 11 is 1.67. The number of thiophene rings is 1. The van der Waals surface area contributed by atoms with Crippen LogP contribution in [0.2, 0.25) is 0 Å². The van der Waals surface area contributed by atoms with Crippen molar-refractivity contribution in [3.8, 4) is 5.00 Å². The van der Waals surface area contributed by atoms with Crippen molar-refractivity contribution in [1.29, 1.82) is 0 Å². The molecule has 0 spiro atoms. The molecule has 146 valence electrons. The van der Waals surface area contributed by atoms with Gasteiger partial charge in [0.15, 0.2) is 0 Å². The highest BCUT2D eigenvalue weighted by Crippen LogP contribution is 2.36. The number of morpholine rings is 1. The molecule has 0 amide bonds. The number of aromatic nitrogens is 1. The second kappa shape index (κ2) is 7.81. The van der Waals surface area contributed by atoms with Gasteiger partial charge in [-0.05, 0) is 23.6 Å². The first-order valence-electron chi connectivity index (χ1n) is 9.18. The Balaban J connectivity index is 0.00000192. The van der Waals surface area contributed by atoms with Gasteiger partial charge in [0.1, 0.15) is 5.00 Å². The van der Waals surface area contributed by atoms with Crippen molar-refractivity contribution >= 4 is 29.5 Å². The molecule has 2 aliphatic rings. The van der Waals surface area contributed by atoms with Gasteiger partial charge in [0.05, 0.1) is 31.2 Å². The number of β-amino-alcohol motifs (C(OH)–C–C–N with tert-alkyl or cyclic N) is 1. The number of hydrogen-bond donors (Lipinski definition) is 1. The van der Waals surface area contributed by atoms with E-state index in [1.807, 2.05) is 36.5 Å². The standard InChI is InChI=1S/C21H21N3O2S.ClH/c25-21(15-23-10-12-26-13-11-23)18-7-4-9-24(18)20-17(8-14-27-20)19(22-21)16-5-2-1-3-6-16;/h1-9,14,25H,10-13,15H2;1H. The number of hydrogen-bond acceptors (Lipinski definition) is 5. The Labute approximate surface area is 174 Å². The highest BCUT2D eigenvalue weighted by molar-refractivity contribution is 7.13. The zero-order valence-electron chi connectivity index (χ0n) is 15.3. The molecule has 1 aromatic carbocycles. The topological polar surface area (TPSA) is 50.0 Å². The maximum Gasteiger partial charge on any atom is 0.211 e. The van der Waals surface area contributed by atoms with E-state index in [2.05, 4.69) is 33.0 Å². The average molecular weight is 416 g/mol. The second-order valence-corrected chi connectivity index (χ2v) is 7.83. The minimum Gasteiger partial charge on any atom is -0.379 e. The average Bonchev–Trinajstić information content (AvgIpc) is 3.35. The zero-order chi connectivity index (χ0) is 18.3. The van der Waals surface area contributed by atoms with Crippen LogP contribution in [0.15, 0.2) is 65.1 Å². The molecule has 1 unspecified atom stereocenters. The van der Waals surface area contributed by atoms with Crippen molar-refractivity contribution in [3.05, 3.63) is 76.9 Å². The van der Waals surface area contributed by atoms with Gasteiger partial charge in [0, 0.05) is 30.4 Å². The fourth-order valence-electron chi connectivity index (χ4n) is 3.86. The summed E-state index contributed by atoms with van der Waals surface area (Å²) in [5.41, 5.74) is 2.41. The fraction of sp³-hybridized carbons (Fsp3) is 0.286.